The van der Waals surface area contributed by atoms with Crippen molar-refractivity contribution in [3.63, 3.8) is 0 Å². The van der Waals surface area contributed by atoms with E-state index < -0.39 is 0 Å². The third-order valence-electron chi connectivity index (χ3n) is 4.62. The first-order chi connectivity index (χ1) is 8.17. The smallest absolute Gasteiger partial charge is 0.0596 e. The molecule has 0 bridgehead atoms. The molecule has 3 nitrogen and oxygen atoms in total. The summed E-state index contributed by atoms with van der Waals surface area (Å²) in [6.07, 6.45) is 5.24. The lowest BCUT2D eigenvalue weighted by molar-refractivity contribution is 0.385. The molecule has 3 heteroatoms. The van der Waals surface area contributed by atoms with Crippen LogP contribution in [0.1, 0.15) is 37.6 Å². The predicted octanol–water partition coefficient (Wildman–Crippen LogP) is 2.13. The molecule has 2 aliphatic carbocycles. The van der Waals surface area contributed by atoms with Crippen molar-refractivity contribution in [1.29, 1.82) is 0 Å². The molecule has 3 unspecified atom stereocenters. The van der Waals surface area contributed by atoms with E-state index in [9.17, 15) is 0 Å². The molecule has 17 heavy (non-hydrogen) atoms. The van der Waals surface area contributed by atoms with Gasteiger partial charge in [0.25, 0.3) is 0 Å². The van der Waals surface area contributed by atoms with Gasteiger partial charge in [-0.3, -0.25) is 4.68 Å². The molecule has 2 aliphatic rings. The lowest BCUT2D eigenvalue weighted by atomic mass is 9.92. The first-order valence-electron chi connectivity index (χ1n) is 6.96. The molecule has 0 amide bonds. The summed E-state index contributed by atoms with van der Waals surface area (Å²) in [5, 5.41) is 4.49. The summed E-state index contributed by atoms with van der Waals surface area (Å²) in [5.74, 6) is 2.83. The molecule has 94 valence electrons. The number of nitrogens with zero attached hydrogens (tertiary/aromatic N) is 2. The SMILES string of the molecule is CCn1nc(C)cc1CC(N)C1CC2CC2C1. The maximum Gasteiger partial charge on any atom is 0.0596 e. The fraction of sp³-hybridized carbons (Fsp3) is 0.786. The average Bonchev–Trinajstić information content (AvgIpc) is 2.75. The van der Waals surface area contributed by atoms with E-state index in [1.165, 1.54) is 25.0 Å². The Kier molecular flexibility index (Phi) is 2.74. The highest BCUT2D eigenvalue weighted by atomic mass is 15.3. The van der Waals surface area contributed by atoms with Gasteiger partial charge in [-0.05, 0) is 56.9 Å². The Morgan fingerprint density at radius 3 is 2.76 bits per heavy atom. The van der Waals surface area contributed by atoms with Crippen LogP contribution in [0.3, 0.4) is 0 Å². The molecular weight excluding hydrogens is 210 g/mol. The normalized spacial score (nSPS) is 32.5. The second-order valence-corrected chi connectivity index (χ2v) is 5.95. The molecule has 2 fully saturated rings. The van der Waals surface area contributed by atoms with Crippen LogP contribution < -0.4 is 5.73 Å². The molecule has 3 atom stereocenters. The monoisotopic (exact) mass is 233 g/mol. The molecule has 0 saturated heterocycles. The second kappa shape index (κ2) is 4.13. The Labute approximate surface area is 103 Å². The molecule has 1 aromatic rings. The van der Waals surface area contributed by atoms with Crippen LogP contribution in [0.4, 0.5) is 0 Å². The second-order valence-electron chi connectivity index (χ2n) is 5.95. The van der Waals surface area contributed by atoms with Crippen LogP contribution in [0.5, 0.6) is 0 Å². The van der Waals surface area contributed by atoms with E-state index in [4.69, 9.17) is 5.73 Å². The standard InChI is InChI=1S/C14H23N3/c1-3-17-13(4-9(2)16-17)8-14(15)12-6-10-5-11(10)7-12/h4,10-12,14H,3,5-8,15H2,1-2H3. The Balaban J connectivity index is 1.65. The van der Waals surface area contributed by atoms with E-state index in [2.05, 4.69) is 29.7 Å². The summed E-state index contributed by atoms with van der Waals surface area (Å²) in [6.45, 7) is 5.16. The van der Waals surface area contributed by atoms with Crippen molar-refractivity contribution in [2.24, 2.45) is 23.5 Å². The zero-order valence-corrected chi connectivity index (χ0v) is 10.9. The zero-order chi connectivity index (χ0) is 12.0. The van der Waals surface area contributed by atoms with E-state index in [0.29, 0.717) is 6.04 Å². The fourth-order valence-electron chi connectivity index (χ4n) is 3.56. The van der Waals surface area contributed by atoms with E-state index in [1.807, 2.05) is 0 Å². The fourth-order valence-corrected chi connectivity index (χ4v) is 3.56. The summed E-state index contributed by atoms with van der Waals surface area (Å²) < 4.78 is 2.10. The van der Waals surface area contributed by atoms with E-state index in [-0.39, 0.29) is 0 Å². The van der Waals surface area contributed by atoms with Crippen LogP contribution in [0.15, 0.2) is 6.07 Å². The van der Waals surface area contributed by atoms with Gasteiger partial charge in [-0.2, -0.15) is 5.10 Å². The molecule has 2 N–H and O–H groups in total. The Bertz CT molecular complexity index is 400. The van der Waals surface area contributed by atoms with Crippen molar-refractivity contribution in [2.45, 2.75) is 52.1 Å². The van der Waals surface area contributed by atoms with Crippen molar-refractivity contribution in [1.82, 2.24) is 9.78 Å². The number of fused-ring (bicyclic) bond motifs is 1. The minimum Gasteiger partial charge on any atom is -0.327 e. The van der Waals surface area contributed by atoms with Gasteiger partial charge in [0, 0.05) is 24.7 Å². The molecule has 0 aromatic carbocycles. The highest BCUT2D eigenvalue weighted by Gasteiger charge is 2.47. The van der Waals surface area contributed by atoms with Crippen LogP contribution in [-0.4, -0.2) is 15.8 Å². The van der Waals surface area contributed by atoms with Gasteiger partial charge in [0.05, 0.1) is 5.69 Å². The van der Waals surface area contributed by atoms with Crippen LogP contribution in [0, 0.1) is 24.7 Å². The van der Waals surface area contributed by atoms with Crippen molar-refractivity contribution in [2.75, 3.05) is 0 Å². The number of rotatable bonds is 4. The van der Waals surface area contributed by atoms with Crippen LogP contribution in [-0.2, 0) is 13.0 Å². The minimum atomic E-state index is 0.337. The summed E-state index contributed by atoms with van der Waals surface area (Å²) in [7, 11) is 0. The molecule has 1 heterocycles. The third-order valence-corrected chi connectivity index (χ3v) is 4.62. The van der Waals surface area contributed by atoms with Crippen LogP contribution in [0.2, 0.25) is 0 Å². The Hall–Kier alpha value is -0.830. The largest absolute Gasteiger partial charge is 0.327 e. The Morgan fingerprint density at radius 2 is 2.12 bits per heavy atom. The predicted molar refractivity (Wildman–Crippen MR) is 68.6 cm³/mol. The van der Waals surface area contributed by atoms with Gasteiger partial charge in [-0.15, -0.1) is 0 Å². The van der Waals surface area contributed by atoms with Crippen LogP contribution >= 0.6 is 0 Å². The molecule has 1 aromatic heterocycles. The van der Waals surface area contributed by atoms with E-state index in [0.717, 1.165) is 36.4 Å². The van der Waals surface area contributed by atoms with Gasteiger partial charge in [0.2, 0.25) is 0 Å². The first kappa shape index (κ1) is 11.3. The highest BCUT2D eigenvalue weighted by molar-refractivity contribution is 5.11. The summed E-state index contributed by atoms with van der Waals surface area (Å²) in [4.78, 5) is 0. The van der Waals surface area contributed by atoms with Gasteiger partial charge in [-0.25, -0.2) is 0 Å². The topological polar surface area (TPSA) is 43.8 Å². The van der Waals surface area contributed by atoms with E-state index in [1.54, 1.807) is 0 Å². The molecule has 0 aliphatic heterocycles. The lowest BCUT2D eigenvalue weighted by Gasteiger charge is -2.20. The molecule has 2 saturated carbocycles. The third kappa shape index (κ3) is 2.13. The number of hydrogen-bond acceptors (Lipinski definition) is 2. The van der Waals surface area contributed by atoms with E-state index >= 15 is 0 Å². The van der Waals surface area contributed by atoms with Crippen molar-refractivity contribution < 1.29 is 0 Å². The van der Waals surface area contributed by atoms with Gasteiger partial charge in [-0.1, -0.05) is 0 Å². The maximum atomic E-state index is 6.39. The van der Waals surface area contributed by atoms with Gasteiger partial charge in [0.15, 0.2) is 0 Å². The van der Waals surface area contributed by atoms with Crippen LogP contribution in [0.25, 0.3) is 0 Å². The highest BCUT2D eigenvalue weighted by Crippen LogP contribution is 2.55. The summed E-state index contributed by atoms with van der Waals surface area (Å²) >= 11 is 0. The van der Waals surface area contributed by atoms with Crippen molar-refractivity contribution in [3.05, 3.63) is 17.5 Å². The number of nitrogens with two attached hydrogens (primary N) is 1. The average molecular weight is 233 g/mol. The number of aromatic nitrogens is 2. The first-order valence-corrected chi connectivity index (χ1v) is 6.96. The maximum absolute atomic E-state index is 6.39. The summed E-state index contributed by atoms with van der Waals surface area (Å²) in [5.41, 5.74) is 8.82. The summed E-state index contributed by atoms with van der Waals surface area (Å²) in [6, 6.07) is 2.53. The number of hydrogen-bond donors (Lipinski definition) is 1. The minimum absolute atomic E-state index is 0.337. The Morgan fingerprint density at radius 1 is 1.41 bits per heavy atom. The van der Waals surface area contributed by atoms with Crippen molar-refractivity contribution >= 4 is 0 Å². The zero-order valence-electron chi connectivity index (χ0n) is 10.9. The van der Waals surface area contributed by atoms with Gasteiger partial charge in [0.1, 0.15) is 0 Å². The molecule has 3 rings (SSSR count). The molecule has 0 radical (unpaired) electrons. The van der Waals surface area contributed by atoms with Gasteiger partial charge < -0.3 is 5.73 Å². The van der Waals surface area contributed by atoms with Crippen molar-refractivity contribution in [3.8, 4) is 0 Å². The van der Waals surface area contributed by atoms with Gasteiger partial charge >= 0.3 is 0 Å². The molecule has 0 spiro atoms. The lowest BCUT2D eigenvalue weighted by Crippen LogP contribution is -2.32. The number of aryl methyl sites for hydroxylation is 2. The molecular formula is C14H23N3. The quantitative estimate of drug-likeness (QED) is 0.865.